The van der Waals surface area contributed by atoms with E-state index in [2.05, 4.69) is 0 Å². The van der Waals surface area contributed by atoms with E-state index in [0.29, 0.717) is 5.56 Å². The molecule has 0 heterocycles. The van der Waals surface area contributed by atoms with E-state index in [-0.39, 0.29) is 24.7 Å². The van der Waals surface area contributed by atoms with Crippen LogP contribution in [0.3, 0.4) is 0 Å². The summed E-state index contributed by atoms with van der Waals surface area (Å²) in [5.41, 5.74) is 0.525. The number of hydrogen-bond acceptors (Lipinski definition) is 5. The molecule has 0 aliphatic heterocycles. The second-order valence-corrected chi connectivity index (χ2v) is 4.51. The molecule has 21 heavy (non-hydrogen) atoms. The van der Waals surface area contributed by atoms with Gasteiger partial charge in [-0.1, -0.05) is 12.1 Å². The zero-order valence-electron chi connectivity index (χ0n) is 11.9. The first-order valence-corrected chi connectivity index (χ1v) is 6.28. The third kappa shape index (κ3) is 5.72. The van der Waals surface area contributed by atoms with Gasteiger partial charge in [-0.05, 0) is 11.6 Å². The zero-order chi connectivity index (χ0) is 15.8. The predicted molar refractivity (Wildman–Crippen MR) is 77.7 cm³/mol. The summed E-state index contributed by atoms with van der Waals surface area (Å²) < 4.78 is 4.78. The highest BCUT2D eigenvalue weighted by Crippen LogP contribution is 2.14. The highest BCUT2D eigenvalue weighted by molar-refractivity contribution is 5.91. The Hall–Kier alpha value is -2.25. The van der Waals surface area contributed by atoms with Gasteiger partial charge >= 0.3 is 0 Å². The maximum Gasteiger partial charge on any atom is 0.270 e. The minimum Gasteiger partial charge on any atom is -0.389 e. The van der Waals surface area contributed by atoms with Crippen LogP contribution in [-0.4, -0.2) is 54.3 Å². The Kier molecular flexibility index (Phi) is 6.51. The summed E-state index contributed by atoms with van der Waals surface area (Å²) in [5, 5.41) is 20.2. The van der Waals surface area contributed by atoms with Crippen LogP contribution in [0.2, 0.25) is 0 Å². The van der Waals surface area contributed by atoms with Gasteiger partial charge in [0.05, 0.1) is 17.6 Å². The number of nitro benzene ring substituents is 1. The molecule has 0 aromatic heterocycles. The quantitative estimate of drug-likeness (QED) is 0.461. The van der Waals surface area contributed by atoms with Gasteiger partial charge in [0.2, 0.25) is 5.91 Å². The number of benzene rings is 1. The maximum absolute atomic E-state index is 11.8. The Bertz CT molecular complexity index is 530. The maximum atomic E-state index is 11.8. The largest absolute Gasteiger partial charge is 0.389 e. The van der Waals surface area contributed by atoms with Crippen LogP contribution in [-0.2, 0) is 9.53 Å². The monoisotopic (exact) mass is 294 g/mol. The van der Waals surface area contributed by atoms with Crippen molar-refractivity contribution in [2.45, 2.75) is 6.10 Å². The first-order valence-electron chi connectivity index (χ1n) is 6.28. The van der Waals surface area contributed by atoms with Gasteiger partial charge in [0, 0.05) is 38.9 Å². The number of methoxy groups -OCH3 is 1. The lowest BCUT2D eigenvalue weighted by atomic mass is 10.2. The molecule has 0 fully saturated rings. The Balaban J connectivity index is 2.65. The first kappa shape index (κ1) is 16.8. The molecule has 1 unspecified atom stereocenters. The Morgan fingerprint density at radius 3 is 2.90 bits per heavy atom. The lowest BCUT2D eigenvalue weighted by Crippen LogP contribution is -2.35. The number of ether oxygens (including phenoxy) is 1. The molecule has 0 saturated carbocycles. The first-order chi connectivity index (χ1) is 9.93. The van der Waals surface area contributed by atoms with Gasteiger partial charge in [-0.25, -0.2) is 0 Å². The summed E-state index contributed by atoms with van der Waals surface area (Å²) in [7, 11) is 3.02. The van der Waals surface area contributed by atoms with Crippen molar-refractivity contribution >= 4 is 17.7 Å². The number of nitro groups is 1. The highest BCUT2D eigenvalue weighted by Gasteiger charge is 2.11. The summed E-state index contributed by atoms with van der Waals surface area (Å²) in [6.07, 6.45) is 2.04. The molecular formula is C14H18N2O5. The van der Waals surface area contributed by atoms with E-state index < -0.39 is 11.0 Å². The van der Waals surface area contributed by atoms with E-state index in [9.17, 15) is 20.0 Å². The summed E-state index contributed by atoms with van der Waals surface area (Å²) in [6.45, 7) is 0.290. The minimum atomic E-state index is -0.754. The van der Waals surface area contributed by atoms with Gasteiger partial charge in [-0.2, -0.15) is 0 Å². The van der Waals surface area contributed by atoms with Crippen molar-refractivity contribution < 1.29 is 19.6 Å². The molecule has 7 heteroatoms. The molecule has 1 atom stereocenters. The Morgan fingerprint density at radius 1 is 1.57 bits per heavy atom. The molecule has 0 bridgehead atoms. The van der Waals surface area contributed by atoms with E-state index in [1.165, 1.54) is 36.3 Å². The van der Waals surface area contributed by atoms with Gasteiger partial charge in [0.15, 0.2) is 0 Å². The van der Waals surface area contributed by atoms with Crippen molar-refractivity contribution in [2.24, 2.45) is 0 Å². The Morgan fingerprint density at radius 2 is 2.29 bits per heavy atom. The fourth-order valence-corrected chi connectivity index (χ4v) is 1.69. The molecule has 1 rings (SSSR count). The summed E-state index contributed by atoms with van der Waals surface area (Å²) in [4.78, 5) is 23.3. The second-order valence-electron chi connectivity index (χ2n) is 4.51. The molecule has 1 amide bonds. The summed E-state index contributed by atoms with van der Waals surface area (Å²) in [6, 6.07) is 5.97. The molecule has 1 N–H and O–H groups in total. The van der Waals surface area contributed by atoms with Crippen molar-refractivity contribution in [1.29, 1.82) is 0 Å². The van der Waals surface area contributed by atoms with E-state index in [4.69, 9.17) is 4.74 Å². The van der Waals surface area contributed by atoms with Crippen molar-refractivity contribution in [2.75, 3.05) is 27.3 Å². The van der Waals surface area contributed by atoms with Gasteiger partial charge in [0.25, 0.3) is 5.69 Å². The minimum absolute atomic E-state index is 0.0338. The number of nitrogens with zero attached hydrogens (tertiary/aromatic N) is 2. The normalized spacial score (nSPS) is 12.3. The number of rotatable bonds is 7. The summed E-state index contributed by atoms with van der Waals surface area (Å²) >= 11 is 0. The summed E-state index contributed by atoms with van der Waals surface area (Å²) in [5.74, 6) is -0.309. The average Bonchev–Trinajstić information content (AvgIpc) is 2.45. The Labute approximate surface area is 122 Å². The molecule has 0 radical (unpaired) electrons. The van der Waals surface area contributed by atoms with Crippen LogP contribution in [0.15, 0.2) is 30.3 Å². The van der Waals surface area contributed by atoms with Crippen molar-refractivity contribution in [3.63, 3.8) is 0 Å². The predicted octanol–water partition coefficient (Wildman–Crippen LogP) is 1.07. The van der Waals surface area contributed by atoms with Gasteiger partial charge in [-0.15, -0.1) is 0 Å². The fraction of sp³-hybridized carbons (Fsp3) is 0.357. The van der Waals surface area contributed by atoms with Crippen LogP contribution in [0, 0.1) is 10.1 Å². The lowest BCUT2D eigenvalue weighted by Gasteiger charge is -2.18. The van der Waals surface area contributed by atoms with Crippen LogP contribution in [0.1, 0.15) is 5.56 Å². The van der Waals surface area contributed by atoms with Crippen LogP contribution >= 0.6 is 0 Å². The number of non-ortho nitro benzene ring substituents is 1. The van der Waals surface area contributed by atoms with Gasteiger partial charge < -0.3 is 14.7 Å². The lowest BCUT2D eigenvalue weighted by molar-refractivity contribution is -0.384. The smallest absolute Gasteiger partial charge is 0.270 e. The van der Waals surface area contributed by atoms with Crippen LogP contribution < -0.4 is 0 Å². The van der Waals surface area contributed by atoms with Crippen molar-refractivity contribution in [3.05, 3.63) is 46.0 Å². The van der Waals surface area contributed by atoms with Crippen LogP contribution in [0.5, 0.6) is 0 Å². The number of aliphatic hydroxyl groups excluding tert-OH is 1. The second kappa shape index (κ2) is 8.13. The molecule has 7 nitrogen and oxygen atoms in total. The molecule has 114 valence electrons. The number of carbonyl (C=O) groups is 1. The number of hydrogen-bond donors (Lipinski definition) is 1. The topological polar surface area (TPSA) is 92.9 Å². The van der Waals surface area contributed by atoms with Crippen LogP contribution in [0.4, 0.5) is 5.69 Å². The van der Waals surface area contributed by atoms with E-state index in [0.717, 1.165) is 0 Å². The fourth-order valence-electron chi connectivity index (χ4n) is 1.69. The van der Waals surface area contributed by atoms with Crippen molar-refractivity contribution in [1.82, 2.24) is 4.90 Å². The number of carbonyl (C=O) groups excluding carboxylic acids is 1. The molecule has 0 aliphatic rings. The molecule has 0 aliphatic carbocycles. The number of amides is 1. The van der Waals surface area contributed by atoms with E-state index >= 15 is 0 Å². The molecule has 1 aromatic carbocycles. The number of aliphatic hydroxyl groups is 1. The third-order valence-electron chi connectivity index (χ3n) is 2.72. The van der Waals surface area contributed by atoms with E-state index in [1.807, 2.05) is 0 Å². The average molecular weight is 294 g/mol. The zero-order valence-corrected chi connectivity index (χ0v) is 11.9. The van der Waals surface area contributed by atoms with Gasteiger partial charge in [0.1, 0.15) is 0 Å². The molecule has 1 aromatic rings. The molecule has 0 spiro atoms. The molecule has 0 saturated heterocycles. The van der Waals surface area contributed by atoms with Crippen LogP contribution in [0.25, 0.3) is 6.08 Å². The molecular weight excluding hydrogens is 276 g/mol. The SMILES string of the molecule is COCC(O)CN(C)C(=O)C=Cc1cccc([N+](=O)[O-])c1. The standard InChI is InChI=1S/C14H18N2O5/c1-15(9-13(17)10-21-2)14(18)7-6-11-4-3-5-12(8-11)16(19)20/h3-8,13,17H,9-10H2,1-2H3. The third-order valence-corrected chi connectivity index (χ3v) is 2.72. The van der Waals surface area contributed by atoms with Gasteiger partial charge in [-0.3, -0.25) is 14.9 Å². The van der Waals surface area contributed by atoms with Crippen molar-refractivity contribution in [3.8, 4) is 0 Å². The number of likely N-dealkylation sites (N-methyl/N-ethyl adjacent to an activating group) is 1. The van der Waals surface area contributed by atoms with E-state index in [1.54, 1.807) is 19.2 Å². The highest BCUT2D eigenvalue weighted by atomic mass is 16.6.